The number of hydrogen-bond donors (Lipinski definition) is 0. The summed E-state index contributed by atoms with van der Waals surface area (Å²) in [7, 11) is 0. The Morgan fingerprint density at radius 3 is 2.10 bits per heavy atom. The van der Waals surface area contributed by atoms with Gasteiger partial charge in [0.2, 0.25) is 0 Å². The van der Waals surface area contributed by atoms with Crippen molar-refractivity contribution in [2.24, 2.45) is 0 Å². The number of rotatable bonds is 6. The highest BCUT2D eigenvalue weighted by molar-refractivity contribution is 5.95. The first-order chi connectivity index (χ1) is 10.3. The Bertz CT molecular complexity index is 571. The fraction of sp³-hybridized carbons (Fsp3) is 0.316. The van der Waals surface area contributed by atoms with E-state index in [1.54, 1.807) is 0 Å². The van der Waals surface area contributed by atoms with Crippen molar-refractivity contribution in [2.45, 2.75) is 26.7 Å². The molecule has 2 aromatic rings. The summed E-state index contributed by atoms with van der Waals surface area (Å²) in [6.45, 7) is 5.86. The molecule has 0 atom stereocenters. The molecule has 21 heavy (non-hydrogen) atoms. The van der Waals surface area contributed by atoms with E-state index in [2.05, 4.69) is 32.0 Å². The van der Waals surface area contributed by atoms with Gasteiger partial charge >= 0.3 is 0 Å². The van der Waals surface area contributed by atoms with E-state index >= 15 is 0 Å². The first-order valence-corrected chi connectivity index (χ1v) is 7.71. The topological polar surface area (TPSA) is 20.3 Å². The van der Waals surface area contributed by atoms with Crippen LogP contribution in [-0.2, 0) is 0 Å². The molecule has 0 bridgehead atoms. The minimum Gasteiger partial charge on any atom is -0.339 e. The molecule has 2 heteroatoms. The summed E-state index contributed by atoms with van der Waals surface area (Å²) < 4.78 is 0. The van der Waals surface area contributed by atoms with Crippen molar-refractivity contribution in [2.75, 3.05) is 13.1 Å². The van der Waals surface area contributed by atoms with E-state index in [9.17, 15) is 4.79 Å². The molecule has 0 N–H and O–H groups in total. The highest BCUT2D eigenvalue weighted by Gasteiger charge is 2.14. The highest BCUT2D eigenvalue weighted by Crippen LogP contribution is 2.20. The summed E-state index contributed by atoms with van der Waals surface area (Å²) in [5.41, 5.74) is 3.01. The smallest absolute Gasteiger partial charge is 0.253 e. The second kappa shape index (κ2) is 7.63. The lowest BCUT2D eigenvalue weighted by Gasteiger charge is -2.21. The van der Waals surface area contributed by atoms with Gasteiger partial charge in [-0.2, -0.15) is 0 Å². The zero-order valence-corrected chi connectivity index (χ0v) is 12.9. The van der Waals surface area contributed by atoms with Crippen LogP contribution in [0.3, 0.4) is 0 Å². The predicted molar refractivity (Wildman–Crippen MR) is 88.4 cm³/mol. The zero-order chi connectivity index (χ0) is 15.1. The largest absolute Gasteiger partial charge is 0.339 e. The van der Waals surface area contributed by atoms with Crippen LogP contribution >= 0.6 is 0 Å². The highest BCUT2D eigenvalue weighted by atomic mass is 16.2. The molecule has 110 valence electrons. The maximum Gasteiger partial charge on any atom is 0.253 e. The van der Waals surface area contributed by atoms with Crippen molar-refractivity contribution in [3.63, 3.8) is 0 Å². The van der Waals surface area contributed by atoms with Crippen molar-refractivity contribution >= 4 is 5.91 Å². The lowest BCUT2D eigenvalue weighted by Crippen LogP contribution is -2.32. The van der Waals surface area contributed by atoms with Gasteiger partial charge in [-0.05, 0) is 36.1 Å². The van der Waals surface area contributed by atoms with E-state index in [4.69, 9.17) is 0 Å². The molecular formula is C19H23NO. The molecular weight excluding hydrogens is 258 g/mol. The average Bonchev–Trinajstić information content (AvgIpc) is 2.55. The normalized spacial score (nSPS) is 10.4. The second-order valence-corrected chi connectivity index (χ2v) is 5.24. The quantitative estimate of drug-likeness (QED) is 0.757. The summed E-state index contributed by atoms with van der Waals surface area (Å²) in [6.07, 6.45) is 1.98. The molecule has 0 saturated heterocycles. The minimum atomic E-state index is 0.136. The fourth-order valence-corrected chi connectivity index (χ4v) is 2.50. The Morgan fingerprint density at radius 1 is 0.857 bits per heavy atom. The van der Waals surface area contributed by atoms with Gasteiger partial charge in [-0.25, -0.2) is 0 Å². The van der Waals surface area contributed by atoms with Crippen LogP contribution in [0.1, 0.15) is 37.0 Å². The minimum absolute atomic E-state index is 0.136. The Kier molecular flexibility index (Phi) is 5.56. The number of carbonyl (C=O) groups is 1. The number of carbonyl (C=O) groups excluding carboxylic acids is 1. The average molecular weight is 281 g/mol. The van der Waals surface area contributed by atoms with E-state index in [0.29, 0.717) is 0 Å². The summed E-state index contributed by atoms with van der Waals surface area (Å²) in [4.78, 5) is 14.6. The van der Waals surface area contributed by atoms with Crippen LogP contribution in [0.5, 0.6) is 0 Å². The van der Waals surface area contributed by atoms with E-state index in [1.165, 1.54) is 0 Å². The molecule has 1 amide bonds. The van der Waals surface area contributed by atoms with Crippen LogP contribution < -0.4 is 0 Å². The van der Waals surface area contributed by atoms with Gasteiger partial charge in [-0.1, -0.05) is 56.3 Å². The van der Waals surface area contributed by atoms with Crippen LogP contribution in [-0.4, -0.2) is 23.9 Å². The Morgan fingerprint density at radius 2 is 1.48 bits per heavy atom. The third-order valence-corrected chi connectivity index (χ3v) is 3.49. The molecule has 2 rings (SSSR count). The molecule has 2 nitrogen and oxygen atoms in total. The third-order valence-electron chi connectivity index (χ3n) is 3.49. The van der Waals surface area contributed by atoms with Crippen molar-refractivity contribution in [1.82, 2.24) is 4.90 Å². The Hall–Kier alpha value is -2.09. The molecule has 0 unspecified atom stereocenters. The number of benzene rings is 2. The first kappa shape index (κ1) is 15.3. The van der Waals surface area contributed by atoms with Crippen molar-refractivity contribution in [3.05, 3.63) is 60.2 Å². The van der Waals surface area contributed by atoms with Gasteiger partial charge in [0.1, 0.15) is 0 Å². The molecule has 0 heterocycles. The summed E-state index contributed by atoms with van der Waals surface area (Å²) in [5.74, 6) is 0.136. The van der Waals surface area contributed by atoms with E-state index in [-0.39, 0.29) is 5.91 Å². The van der Waals surface area contributed by atoms with Crippen LogP contribution in [0.25, 0.3) is 11.1 Å². The van der Waals surface area contributed by atoms with Crippen LogP contribution in [0.15, 0.2) is 54.6 Å². The molecule has 2 aromatic carbocycles. The number of hydrogen-bond acceptors (Lipinski definition) is 1. The first-order valence-electron chi connectivity index (χ1n) is 7.71. The van der Waals surface area contributed by atoms with Gasteiger partial charge in [0.05, 0.1) is 0 Å². The maximum absolute atomic E-state index is 12.6. The van der Waals surface area contributed by atoms with Gasteiger partial charge < -0.3 is 4.90 Å². The lowest BCUT2D eigenvalue weighted by molar-refractivity contribution is 0.0755. The molecule has 0 saturated carbocycles. The lowest BCUT2D eigenvalue weighted by atomic mass is 10.0. The number of nitrogens with zero attached hydrogens (tertiary/aromatic N) is 1. The van der Waals surface area contributed by atoms with E-state index in [1.807, 2.05) is 41.3 Å². The van der Waals surface area contributed by atoms with E-state index < -0.39 is 0 Å². The Labute approximate surface area is 127 Å². The summed E-state index contributed by atoms with van der Waals surface area (Å²) in [6, 6.07) is 18.1. The van der Waals surface area contributed by atoms with Gasteiger partial charge in [-0.3, -0.25) is 4.79 Å². The monoisotopic (exact) mass is 281 g/mol. The Balaban J connectivity index is 2.26. The SMILES string of the molecule is CCCN(CCC)C(=O)c1cccc(-c2ccccc2)c1. The van der Waals surface area contributed by atoms with Crippen molar-refractivity contribution < 1.29 is 4.79 Å². The van der Waals surface area contributed by atoms with Gasteiger partial charge in [0, 0.05) is 18.7 Å². The molecule has 0 aliphatic heterocycles. The summed E-state index contributed by atoms with van der Waals surface area (Å²) >= 11 is 0. The molecule has 0 spiro atoms. The van der Waals surface area contributed by atoms with Crippen LogP contribution in [0.4, 0.5) is 0 Å². The molecule has 0 aliphatic carbocycles. The van der Waals surface area contributed by atoms with Crippen molar-refractivity contribution in [3.8, 4) is 11.1 Å². The molecule has 0 fully saturated rings. The van der Waals surface area contributed by atoms with Gasteiger partial charge in [0.25, 0.3) is 5.91 Å². The number of amides is 1. The zero-order valence-electron chi connectivity index (χ0n) is 12.9. The van der Waals surface area contributed by atoms with Gasteiger partial charge in [-0.15, -0.1) is 0 Å². The van der Waals surface area contributed by atoms with E-state index in [0.717, 1.165) is 42.6 Å². The molecule has 0 aliphatic rings. The second-order valence-electron chi connectivity index (χ2n) is 5.24. The van der Waals surface area contributed by atoms with Crippen LogP contribution in [0.2, 0.25) is 0 Å². The maximum atomic E-state index is 12.6. The molecule has 0 radical (unpaired) electrons. The van der Waals surface area contributed by atoms with Crippen LogP contribution in [0, 0.1) is 0 Å². The third kappa shape index (κ3) is 3.94. The predicted octanol–water partition coefficient (Wildman–Crippen LogP) is 4.62. The van der Waals surface area contributed by atoms with Gasteiger partial charge in [0.15, 0.2) is 0 Å². The molecule has 0 aromatic heterocycles. The standard InChI is InChI=1S/C19H23NO/c1-3-13-20(14-4-2)19(21)18-12-8-11-17(15-18)16-9-6-5-7-10-16/h5-12,15H,3-4,13-14H2,1-2H3. The van der Waals surface area contributed by atoms with Crippen molar-refractivity contribution in [1.29, 1.82) is 0 Å². The summed E-state index contributed by atoms with van der Waals surface area (Å²) in [5, 5.41) is 0. The fourth-order valence-electron chi connectivity index (χ4n) is 2.50.